The molecule has 2 heteroatoms. The Balaban J connectivity index is 3.79. The highest BCUT2D eigenvalue weighted by Crippen LogP contribution is 2.26. The minimum Gasteiger partial charge on any atom is -0.469 e. The molecular weight excluding hydrogens is 188 g/mol. The highest BCUT2D eigenvalue weighted by molar-refractivity contribution is 5.75. The van der Waals surface area contributed by atoms with Crippen molar-refractivity contribution >= 4 is 5.97 Å². The molecule has 0 radical (unpaired) electrons. The topological polar surface area (TPSA) is 26.3 Å². The van der Waals surface area contributed by atoms with E-state index in [4.69, 9.17) is 4.74 Å². The van der Waals surface area contributed by atoms with Gasteiger partial charge in [-0.2, -0.15) is 0 Å². The molecule has 1 atom stereocenters. The summed E-state index contributed by atoms with van der Waals surface area (Å²) in [6.45, 7) is 8.43. The molecule has 90 valence electrons. The largest absolute Gasteiger partial charge is 0.469 e. The average molecular weight is 214 g/mol. The molecule has 0 saturated carbocycles. The molecule has 0 aliphatic carbocycles. The first-order valence-electron chi connectivity index (χ1n) is 6.02. The van der Waals surface area contributed by atoms with Crippen LogP contribution in [0.1, 0.15) is 59.8 Å². The molecular formula is C13H26O2. The molecule has 0 spiro atoms. The van der Waals surface area contributed by atoms with Crippen molar-refractivity contribution in [3.05, 3.63) is 0 Å². The van der Waals surface area contributed by atoms with E-state index in [1.165, 1.54) is 26.4 Å². The summed E-state index contributed by atoms with van der Waals surface area (Å²) in [5.74, 6) is 0.689. The number of ether oxygens (including phenoxy) is 1. The Hall–Kier alpha value is -0.530. The highest BCUT2D eigenvalue weighted by Gasteiger charge is 2.27. The highest BCUT2D eigenvalue weighted by atomic mass is 16.5. The van der Waals surface area contributed by atoms with Crippen molar-refractivity contribution in [3.63, 3.8) is 0 Å². The second-order valence-electron chi connectivity index (χ2n) is 5.16. The van der Waals surface area contributed by atoms with E-state index in [1.807, 2.05) is 13.8 Å². The molecule has 0 bridgehead atoms. The molecule has 2 nitrogen and oxygen atoms in total. The van der Waals surface area contributed by atoms with Crippen LogP contribution in [0.5, 0.6) is 0 Å². The van der Waals surface area contributed by atoms with Crippen LogP contribution in [0.2, 0.25) is 0 Å². The number of hydrogen-bond acceptors (Lipinski definition) is 2. The fourth-order valence-electron chi connectivity index (χ4n) is 1.91. The van der Waals surface area contributed by atoms with Gasteiger partial charge in [0.2, 0.25) is 0 Å². The van der Waals surface area contributed by atoms with Gasteiger partial charge in [-0.25, -0.2) is 0 Å². The maximum atomic E-state index is 11.4. The maximum Gasteiger partial charge on any atom is 0.311 e. The van der Waals surface area contributed by atoms with Crippen molar-refractivity contribution in [1.29, 1.82) is 0 Å². The van der Waals surface area contributed by atoms with E-state index < -0.39 is 0 Å². The third-order valence-electron chi connectivity index (χ3n) is 3.02. The Labute approximate surface area is 94.4 Å². The summed E-state index contributed by atoms with van der Waals surface area (Å²) >= 11 is 0. The monoisotopic (exact) mass is 214 g/mol. The Morgan fingerprint density at radius 2 is 1.93 bits per heavy atom. The predicted octanol–water partition coefficient (Wildman–Crippen LogP) is 3.79. The number of carbonyl (C=O) groups excluding carboxylic acids is 1. The summed E-state index contributed by atoms with van der Waals surface area (Å²) in [6, 6.07) is 0. The lowest BCUT2D eigenvalue weighted by atomic mass is 9.85. The quantitative estimate of drug-likeness (QED) is 0.603. The molecule has 0 N–H and O–H groups in total. The molecule has 0 aromatic rings. The van der Waals surface area contributed by atoms with E-state index in [0.717, 1.165) is 18.8 Å². The summed E-state index contributed by atoms with van der Waals surface area (Å²) in [5.41, 5.74) is -0.319. The first-order valence-corrected chi connectivity index (χ1v) is 6.02. The predicted molar refractivity (Wildman–Crippen MR) is 63.7 cm³/mol. The van der Waals surface area contributed by atoms with Crippen LogP contribution in [0.15, 0.2) is 0 Å². The van der Waals surface area contributed by atoms with Crippen LogP contribution in [-0.2, 0) is 9.53 Å². The lowest BCUT2D eigenvalue weighted by Gasteiger charge is -2.22. The second-order valence-corrected chi connectivity index (χ2v) is 5.16. The molecule has 0 unspecified atom stereocenters. The Bertz CT molecular complexity index is 185. The maximum absolute atomic E-state index is 11.4. The van der Waals surface area contributed by atoms with Gasteiger partial charge in [-0.3, -0.25) is 4.79 Å². The zero-order chi connectivity index (χ0) is 11.9. The van der Waals surface area contributed by atoms with Crippen molar-refractivity contribution in [2.24, 2.45) is 11.3 Å². The number of carbonyl (C=O) groups is 1. The second kappa shape index (κ2) is 6.86. The molecule has 0 aliphatic heterocycles. The standard InChI is InChI=1S/C13H26O2/c1-6-8-11(2)9-7-10-13(3,4)12(14)15-5/h11H,6-10H2,1-5H3/t11-/m1/s1. The first-order chi connectivity index (χ1) is 6.94. The van der Waals surface area contributed by atoms with Crippen LogP contribution >= 0.6 is 0 Å². The number of rotatable bonds is 7. The Morgan fingerprint density at radius 1 is 1.33 bits per heavy atom. The SMILES string of the molecule is CCC[C@@H](C)CCCC(C)(C)C(=O)OC. The van der Waals surface area contributed by atoms with Gasteiger partial charge in [0.05, 0.1) is 12.5 Å². The zero-order valence-corrected chi connectivity index (χ0v) is 10.9. The van der Waals surface area contributed by atoms with Crippen molar-refractivity contribution in [2.45, 2.75) is 59.8 Å². The summed E-state index contributed by atoms with van der Waals surface area (Å²) in [6.07, 6.45) is 5.80. The van der Waals surface area contributed by atoms with E-state index in [-0.39, 0.29) is 11.4 Å². The van der Waals surface area contributed by atoms with Gasteiger partial charge in [0, 0.05) is 0 Å². The van der Waals surface area contributed by atoms with Crippen molar-refractivity contribution in [1.82, 2.24) is 0 Å². The molecule has 0 heterocycles. The minimum absolute atomic E-state index is 0.0920. The zero-order valence-electron chi connectivity index (χ0n) is 10.9. The van der Waals surface area contributed by atoms with Gasteiger partial charge in [0.25, 0.3) is 0 Å². The number of hydrogen-bond donors (Lipinski definition) is 0. The fourth-order valence-corrected chi connectivity index (χ4v) is 1.91. The van der Waals surface area contributed by atoms with E-state index in [2.05, 4.69) is 13.8 Å². The van der Waals surface area contributed by atoms with Crippen LogP contribution in [-0.4, -0.2) is 13.1 Å². The third-order valence-corrected chi connectivity index (χ3v) is 3.02. The fraction of sp³-hybridized carbons (Fsp3) is 0.923. The van der Waals surface area contributed by atoms with Crippen LogP contribution in [0.4, 0.5) is 0 Å². The van der Waals surface area contributed by atoms with Gasteiger partial charge in [-0.15, -0.1) is 0 Å². The molecule has 0 aromatic heterocycles. The number of methoxy groups -OCH3 is 1. The van der Waals surface area contributed by atoms with Gasteiger partial charge in [-0.05, 0) is 26.2 Å². The third kappa shape index (κ3) is 5.81. The summed E-state index contributed by atoms with van der Waals surface area (Å²) in [4.78, 5) is 11.4. The minimum atomic E-state index is -0.319. The summed E-state index contributed by atoms with van der Waals surface area (Å²) in [5, 5.41) is 0. The van der Waals surface area contributed by atoms with E-state index >= 15 is 0 Å². The van der Waals surface area contributed by atoms with Gasteiger partial charge < -0.3 is 4.74 Å². The van der Waals surface area contributed by atoms with Crippen LogP contribution in [0.3, 0.4) is 0 Å². The number of esters is 1. The average Bonchev–Trinajstić information content (AvgIpc) is 2.16. The van der Waals surface area contributed by atoms with Crippen LogP contribution in [0.25, 0.3) is 0 Å². The van der Waals surface area contributed by atoms with Crippen LogP contribution < -0.4 is 0 Å². The smallest absolute Gasteiger partial charge is 0.311 e. The summed E-state index contributed by atoms with van der Waals surface area (Å²) in [7, 11) is 1.46. The van der Waals surface area contributed by atoms with Crippen molar-refractivity contribution < 1.29 is 9.53 Å². The summed E-state index contributed by atoms with van der Waals surface area (Å²) < 4.78 is 4.78. The van der Waals surface area contributed by atoms with Crippen molar-refractivity contribution in [3.8, 4) is 0 Å². The lowest BCUT2D eigenvalue weighted by molar-refractivity contribution is -0.151. The van der Waals surface area contributed by atoms with E-state index in [1.54, 1.807) is 0 Å². The first kappa shape index (κ1) is 14.5. The molecule has 0 amide bonds. The molecule has 0 aromatic carbocycles. The molecule has 0 fully saturated rings. The van der Waals surface area contributed by atoms with Crippen LogP contribution in [0, 0.1) is 11.3 Å². The lowest BCUT2D eigenvalue weighted by Crippen LogP contribution is -2.25. The van der Waals surface area contributed by atoms with E-state index in [9.17, 15) is 4.79 Å². The molecule has 0 aliphatic rings. The molecule has 15 heavy (non-hydrogen) atoms. The van der Waals surface area contributed by atoms with Gasteiger partial charge in [-0.1, -0.05) is 39.5 Å². The molecule has 0 rings (SSSR count). The Kier molecular flexibility index (Phi) is 6.62. The molecule has 0 saturated heterocycles. The van der Waals surface area contributed by atoms with Gasteiger partial charge in [0.1, 0.15) is 0 Å². The van der Waals surface area contributed by atoms with Gasteiger partial charge in [0.15, 0.2) is 0 Å². The van der Waals surface area contributed by atoms with E-state index in [0.29, 0.717) is 0 Å². The van der Waals surface area contributed by atoms with Crippen molar-refractivity contribution in [2.75, 3.05) is 7.11 Å². The normalized spacial score (nSPS) is 13.7. The Morgan fingerprint density at radius 3 is 2.40 bits per heavy atom. The van der Waals surface area contributed by atoms with Gasteiger partial charge >= 0.3 is 5.97 Å².